The summed E-state index contributed by atoms with van der Waals surface area (Å²) in [7, 11) is 0. The average Bonchev–Trinajstić information content (AvgIpc) is 2.05. The highest BCUT2D eigenvalue weighted by molar-refractivity contribution is 5.95. The van der Waals surface area contributed by atoms with Crippen LogP contribution in [-0.2, 0) is 0 Å². The van der Waals surface area contributed by atoms with Crippen LogP contribution in [0.4, 0.5) is 0 Å². The van der Waals surface area contributed by atoms with Crippen LogP contribution in [-0.4, -0.2) is 26.1 Å². The van der Waals surface area contributed by atoms with E-state index in [-0.39, 0.29) is 0 Å². The highest BCUT2D eigenvalue weighted by Gasteiger charge is 1.96. The number of nitrogens with zero attached hydrogens (tertiary/aromatic N) is 4. The van der Waals surface area contributed by atoms with Gasteiger partial charge in [0.1, 0.15) is 17.7 Å². The van der Waals surface area contributed by atoms with Crippen LogP contribution < -0.4 is 0 Å². The van der Waals surface area contributed by atoms with E-state index in [1.54, 1.807) is 6.92 Å². The van der Waals surface area contributed by atoms with Gasteiger partial charge in [-0.3, -0.25) is 0 Å². The van der Waals surface area contributed by atoms with E-state index in [4.69, 9.17) is 5.21 Å². The Kier molecular flexibility index (Phi) is 1.89. The summed E-state index contributed by atoms with van der Waals surface area (Å²) in [5.74, 6) is 0. The maximum absolute atomic E-state index is 8.29. The predicted molar refractivity (Wildman–Crippen MR) is 33.8 cm³/mol. The van der Waals surface area contributed by atoms with Crippen molar-refractivity contribution in [3.63, 3.8) is 0 Å². The minimum Gasteiger partial charge on any atom is -0.411 e. The third-order valence-corrected chi connectivity index (χ3v) is 1.02. The Hall–Kier alpha value is -1.52. The second-order valence-corrected chi connectivity index (χ2v) is 1.68. The average molecular weight is 138 g/mol. The molecule has 0 fully saturated rings. The second-order valence-electron chi connectivity index (χ2n) is 1.68. The third kappa shape index (κ3) is 1.25. The monoisotopic (exact) mass is 138 g/mol. The van der Waals surface area contributed by atoms with Crippen molar-refractivity contribution in [2.75, 3.05) is 0 Å². The molecule has 0 atom stereocenters. The molecule has 0 spiro atoms. The van der Waals surface area contributed by atoms with Crippen LogP contribution in [0.3, 0.4) is 0 Å². The summed E-state index contributed by atoms with van der Waals surface area (Å²) in [5, 5.41) is 18.2. The summed E-state index contributed by atoms with van der Waals surface area (Å²) < 4.78 is 0. The van der Waals surface area contributed by atoms with E-state index in [0.717, 1.165) is 0 Å². The Morgan fingerprint density at radius 1 is 1.60 bits per heavy atom. The van der Waals surface area contributed by atoms with Crippen molar-refractivity contribution in [3.05, 3.63) is 18.2 Å². The lowest BCUT2D eigenvalue weighted by molar-refractivity contribution is 0.319. The Balaban J connectivity index is 2.96. The largest absolute Gasteiger partial charge is 0.411 e. The van der Waals surface area contributed by atoms with E-state index in [1.165, 1.54) is 12.5 Å². The standard InChI is InChI=1S/C5H6N4O/c1-4(9-10)5-2-7-8-3-6-5/h2-3,10H,1H3/b9-4+. The minimum atomic E-state index is 0.426. The van der Waals surface area contributed by atoms with Crippen molar-refractivity contribution in [2.24, 2.45) is 5.16 Å². The molecule has 0 aliphatic carbocycles. The molecule has 5 nitrogen and oxygen atoms in total. The molecule has 1 aromatic rings. The van der Waals surface area contributed by atoms with Crippen LogP contribution >= 0.6 is 0 Å². The number of rotatable bonds is 1. The lowest BCUT2D eigenvalue weighted by Crippen LogP contribution is -1.99. The van der Waals surface area contributed by atoms with Crippen LogP contribution in [0.15, 0.2) is 17.7 Å². The number of oxime groups is 1. The molecular weight excluding hydrogens is 132 g/mol. The summed E-state index contributed by atoms with van der Waals surface area (Å²) >= 11 is 0. The first-order valence-electron chi connectivity index (χ1n) is 2.66. The van der Waals surface area contributed by atoms with Crippen molar-refractivity contribution in [1.29, 1.82) is 0 Å². The maximum atomic E-state index is 8.29. The van der Waals surface area contributed by atoms with Gasteiger partial charge in [-0.2, -0.15) is 5.10 Å². The Morgan fingerprint density at radius 3 is 2.90 bits per heavy atom. The molecule has 10 heavy (non-hydrogen) atoms. The molecule has 0 bridgehead atoms. The molecule has 0 saturated heterocycles. The van der Waals surface area contributed by atoms with Crippen LogP contribution in [0.5, 0.6) is 0 Å². The molecule has 5 heteroatoms. The van der Waals surface area contributed by atoms with Gasteiger partial charge in [0.05, 0.1) is 6.20 Å². The molecule has 1 rings (SSSR count). The first kappa shape index (κ1) is 6.60. The smallest absolute Gasteiger partial charge is 0.138 e. The molecule has 0 aliphatic heterocycles. The van der Waals surface area contributed by atoms with Gasteiger partial charge in [-0.15, -0.1) is 5.10 Å². The Bertz CT molecular complexity index is 233. The molecule has 0 aromatic carbocycles. The van der Waals surface area contributed by atoms with Gasteiger partial charge < -0.3 is 5.21 Å². The zero-order valence-corrected chi connectivity index (χ0v) is 5.39. The molecule has 0 radical (unpaired) electrons. The van der Waals surface area contributed by atoms with Crippen molar-refractivity contribution in [3.8, 4) is 0 Å². The zero-order valence-electron chi connectivity index (χ0n) is 5.39. The van der Waals surface area contributed by atoms with Crippen LogP contribution in [0, 0.1) is 0 Å². The lowest BCUT2D eigenvalue weighted by atomic mass is 10.3. The number of hydrogen-bond acceptors (Lipinski definition) is 5. The summed E-state index contributed by atoms with van der Waals surface area (Å²) in [4.78, 5) is 3.79. The van der Waals surface area contributed by atoms with Gasteiger partial charge in [-0.05, 0) is 6.92 Å². The molecule has 0 saturated carbocycles. The normalized spacial score (nSPS) is 11.5. The summed E-state index contributed by atoms with van der Waals surface area (Å²) in [6.45, 7) is 1.63. The zero-order chi connectivity index (χ0) is 7.40. The first-order valence-corrected chi connectivity index (χ1v) is 2.66. The number of hydrogen-bond donors (Lipinski definition) is 1. The van der Waals surface area contributed by atoms with Gasteiger partial charge in [-0.1, -0.05) is 5.16 Å². The fourth-order valence-electron chi connectivity index (χ4n) is 0.477. The Labute approximate surface area is 57.4 Å². The number of aromatic nitrogens is 3. The summed E-state index contributed by atoms with van der Waals surface area (Å²) in [5.41, 5.74) is 0.951. The molecule has 1 N–H and O–H groups in total. The van der Waals surface area contributed by atoms with Crippen molar-refractivity contribution in [2.45, 2.75) is 6.92 Å². The van der Waals surface area contributed by atoms with E-state index in [1.807, 2.05) is 0 Å². The minimum absolute atomic E-state index is 0.426. The first-order chi connectivity index (χ1) is 4.84. The second kappa shape index (κ2) is 2.86. The van der Waals surface area contributed by atoms with Crippen LogP contribution in [0.25, 0.3) is 0 Å². The van der Waals surface area contributed by atoms with E-state index in [9.17, 15) is 0 Å². The van der Waals surface area contributed by atoms with Gasteiger partial charge in [-0.25, -0.2) is 4.98 Å². The van der Waals surface area contributed by atoms with Gasteiger partial charge in [0.25, 0.3) is 0 Å². The van der Waals surface area contributed by atoms with Crippen LogP contribution in [0.1, 0.15) is 12.6 Å². The van der Waals surface area contributed by atoms with E-state index in [2.05, 4.69) is 20.3 Å². The van der Waals surface area contributed by atoms with Gasteiger partial charge in [0, 0.05) is 0 Å². The SMILES string of the molecule is C/C(=N\O)c1cnncn1. The van der Waals surface area contributed by atoms with E-state index < -0.39 is 0 Å². The highest BCUT2D eigenvalue weighted by atomic mass is 16.4. The molecule has 0 unspecified atom stereocenters. The van der Waals surface area contributed by atoms with Crippen molar-refractivity contribution >= 4 is 5.71 Å². The van der Waals surface area contributed by atoms with E-state index >= 15 is 0 Å². The van der Waals surface area contributed by atoms with Gasteiger partial charge in [0.15, 0.2) is 0 Å². The van der Waals surface area contributed by atoms with Crippen molar-refractivity contribution < 1.29 is 5.21 Å². The van der Waals surface area contributed by atoms with Gasteiger partial charge in [0.2, 0.25) is 0 Å². The maximum Gasteiger partial charge on any atom is 0.138 e. The lowest BCUT2D eigenvalue weighted by Gasteiger charge is -1.91. The predicted octanol–water partition coefficient (Wildman–Crippen LogP) is 0.0698. The fraction of sp³-hybridized carbons (Fsp3) is 0.200. The highest BCUT2D eigenvalue weighted by Crippen LogP contribution is 1.89. The quantitative estimate of drug-likeness (QED) is 0.338. The topological polar surface area (TPSA) is 71.3 Å². The third-order valence-electron chi connectivity index (χ3n) is 1.02. The summed E-state index contributed by atoms with van der Waals surface area (Å²) in [6, 6.07) is 0. The van der Waals surface area contributed by atoms with Crippen LogP contribution in [0.2, 0.25) is 0 Å². The van der Waals surface area contributed by atoms with E-state index in [0.29, 0.717) is 11.4 Å². The molecule has 1 aromatic heterocycles. The molecule has 1 heterocycles. The molecule has 52 valence electrons. The fourth-order valence-corrected chi connectivity index (χ4v) is 0.477. The molecule has 0 aliphatic rings. The van der Waals surface area contributed by atoms with Gasteiger partial charge >= 0.3 is 0 Å². The Morgan fingerprint density at radius 2 is 2.40 bits per heavy atom. The molecule has 0 amide bonds. The molecular formula is C5H6N4O. The summed E-state index contributed by atoms with van der Waals surface area (Å²) in [6.07, 6.45) is 2.72. The van der Waals surface area contributed by atoms with Crippen molar-refractivity contribution in [1.82, 2.24) is 15.2 Å².